The summed E-state index contributed by atoms with van der Waals surface area (Å²) in [5, 5.41) is 8.65. The first-order valence-electron chi connectivity index (χ1n) is 20.7. The highest BCUT2D eigenvalue weighted by molar-refractivity contribution is 7.64. The minimum absolute atomic E-state index is 0.343. The third-order valence-electron chi connectivity index (χ3n) is 9.85. The minimum atomic E-state index is -2.37. The summed E-state index contributed by atoms with van der Waals surface area (Å²) < 4.78 is 0. The number of carboxylic acid groups (broad SMARTS) is 1. The largest absolute Gasteiger partial charge is 0.481 e. The van der Waals surface area contributed by atoms with E-state index in [1.807, 2.05) is 0 Å². The van der Waals surface area contributed by atoms with Crippen LogP contribution in [0, 0.1) is 0 Å². The van der Waals surface area contributed by atoms with Crippen molar-refractivity contribution in [1.29, 1.82) is 0 Å². The quantitative estimate of drug-likeness (QED) is 0.0388. The molecule has 0 saturated heterocycles. The van der Waals surface area contributed by atoms with Gasteiger partial charge in [0, 0.05) is 6.42 Å². The molecule has 1 N–H and O–H groups in total. The summed E-state index contributed by atoms with van der Waals surface area (Å²) in [5.74, 6) is -0.650. The highest BCUT2D eigenvalue weighted by Gasteiger charge is 2.23. The van der Waals surface area contributed by atoms with Crippen LogP contribution >= 0.6 is 33.2 Å². The van der Waals surface area contributed by atoms with Crippen LogP contribution in [0.4, 0.5) is 0 Å². The van der Waals surface area contributed by atoms with Crippen LogP contribution in [0.5, 0.6) is 0 Å². The maximum atomic E-state index is 10.5. The van der Waals surface area contributed by atoms with E-state index in [1.54, 1.807) is 0 Å². The SMILES string of the molecule is O=C(O)CCCCCCCCCCCCCCCCCCCCCCCCCCCCCCCCCCCCCCC[Si](Cl)(Cl)Cl. The predicted octanol–water partition coefficient (Wildman–Crippen LogP) is 16.6. The third kappa shape index (κ3) is 44.6. The van der Waals surface area contributed by atoms with E-state index >= 15 is 0 Å². The lowest BCUT2D eigenvalue weighted by Crippen LogP contribution is -2.07. The first-order valence-corrected chi connectivity index (χ1v) is 25.9. The van der Waals surface area contributed by atoms with Crippen LogP contribution in [0.15, 0.2) is 0 Å². The third-order valence-corrected chi connectivity index (χ3v) is 12.5. The lowest BCUT2D eigenvalue weighted by atomic mass is 10.0. The van der Waals surface area contributed by atoms with E-state index in [-0.39, 0.29) is 0 Å². The number of unbranched alkanes of at least 4 members (excludes halogenated alkanes) is 36. The van der Waals surface area contributed by atoms with E-state index in [0.717, 1.165) is 25.3 Å². The fourth-order valence-electron chi connectivity index (χ4n) is 6.79. The molecular weight excluding hydrogens is 647 g/mol. The second kappa shape index (κ2) is 38.4. The van der Waals surface area contributed by atoms with Gasteiger partial charge in [-0.2, -0.15) is 0 Å². The van der Waals surface area contributed by atoms with Crippen molar-refractivity contribution >= 4 is 45.2 Å². The van der Waals surface area contributed by atoms with Crippen molar-refractivity contribution in [2.24, 2.45) is 0 Å². The molecule has 46 heavy (non-hydrogen) atoms. The number of aliphatic carboxylic acids is 1. The maximum Gasteiger partial charge on any atom is 0.341 e. The Kier molecular flexibility index (Phi) is 38.8. The second-order valence-corrected chi connectivity index (χ2v) is 23.9. The molecule has 0 aliphatic carbocycles. The summed E-state index contributed by atoms with van der Waals surface area (Å²) >= 11 is 17.8. The molecule has 0 amide bonds. The average molecular weight is 727 g/mol. The van der Waals surface area contributed by atoms with Gasteiger partial charge in [-0.1, -0.05) is 231 Å². The molecule has 0 spiro atoms. The van der Waals surface area contributed by atoms with Crippen LogP contribution in [0.2, 0.25) is 6.04 Å². The van der Waals surface area contributed by atoms with E-state index < -0.39 is 12.0 Å². The maximum absolute atomic E-state index is 10.5. The highest BCUT2D eigenvalue weighted by Crippen LogP contribution is 2.27. The van der Waals surface area contributed by atoms with Crippen molar-refractivity contribution in [2.45, 2.75) is 250 Å². The lowest BCUT2D eigenvalue weighted by Gasteiger charge is -2.07. The predicted molar refractivity (Wildman–Crippen MR) is 211 cm³/mol. The average Bonchev–Trinajstić information content (AvgIpc) is 3.01. The smallest absolute Gasteiger partial charge is 0.341 e. The van der Waals surface area contributed by atoms with Gasteiger partial charge in [-0.25, -0.2) is 0 Å². The van der Waals surface area contributed by atoms with Gasteiger partial charge >= 0.3 is 12.0 Å². The zero-order chi connectivity index (χ0) is 33.7. The van der Waals surface area contributed by atoms with Crippen molar-refractivity contribution in [2.75, 3.05) is 0 Å². The molecule has 0 radical (unpaired) electrons. The fraction of sp³-hybridized carbons (Fsp3) is 0.975. The van der Waals surface area contributed by atoms with E-state index in [9.17, 15) is 4.79 Å². The Balaban J connectivity index is 3.06. The van der Waals surface area contributed by atoms with Crippen LogP contribution in [0.25, 0.3) is 0 Å². The zero-order valence-corrected chi connectivity index (χ0v) is 33.8. The number of carbonyl (C=O) groups is 1. The normalized spacial score (nSPS) is 11.9. The molecule has 0 aromatic heterocycles. The summed E-state index contributed by atoms with van der Waals surface area (Å²) in [6.07, 6.45) is 51.5. The molecule has 2 nitrogen and oxygen atoms in total. The Morgan fingerprint density at radius 1 is 0.304 bits per heavy atom. The number of rotatable bonds is 40. The van der Waals surface area contributed by atoms with Gasteiger partial charge in [0.05, 0.1) is 0 Å². The zero-order valence-electron chi connectivity index (χ0n) is 30.6. The van der Waals surface area contributed by atoms with Crippen molar-refractivity contribution in [3.05, 3.63) is 0 Å². The molecule has 0 aliphatic heterocycles. The van der Waals surface area contributed by atoms with Gasteiger partial charge in [0.25, 0.3) is 0 Å². The molecule has 0 saturated carbocycles. The first kappa shape index (κ1) is 46.6. The monoisotopic (exact) mass is 724 g/mol. The van der Waals surface area contributed by atoms with Gasteiger partial charge in [0.15, 0.2) is 0 Å². The van der Waals surface area contributed by atoms with Gasteiger partial charge in [-0.15, -0.1) is 33.2 Å². The molecule has 0 bridgehead atoms. The molecule has 0 unspecified atom stereocenters. The fourth-order valence-corrected chi connectivity index (χ4v) is 8.64. The van der Waals surface area contributed by atoms with Crippen molar-refractivity contribution in [3.8, 4) is 0 Å². The van der Waals surface area contributed by atoms with Gasteiger partial charge in [-0.3, -0.25) is 4.79 Å². The van der Waals surface area contributed by atoms with Gasteiger partial charge in [0.1, 0.15) is 0 Å². The number of carboxylic acids is 1. The van der Waals surface area contributed by atoms with Crippen molar-refractivity contribution < 1.29 is 9.90 Å². The lowest BCUT2D eigenvalue weighted by molar-refractivity contribution is -0.137. The summed E-state index contributed by atoms with van der Waals surface area (Å²) in [6, 6.07) is -1.55. The molecule has 0 aromatic carbocycles. The molecular formula is C40H79Cl3O2Si. The van der Waals surface area contributed by atoms with Crippen LogP contribution in [0.3, 0.4) is 0 Å². The van der Waals surface area contributed by atoms with Crippen LogP contribution in [-0.2, 0) is 4.79 Å². The summed E-state index contributed by atoms with van der Waals surface area (Å²) in [6.45, 7) is 0. The number of hydrogen-bond donors (Lipinski definition) is 1. The standard InChI is InChI=1S/C40H79Cl3O2Si/c41-46(42,43)39-37-35-33-31-29-27-25-23-21-19-17-15-13-11-9-7-5-3-1-2-4-6-8-10-12-14-16-18-20-22-24-26-28-30-32-34-36-38-40(44)45/h1-39H2,(H,44,45). The molecule has 276 valence electrons. The van der Waals surface area contributed by atoms with Gasteiger partial charge in [-0.05, 0) is 12.5 Å². The number of halogens is 3. The second-order valence-electron chi connectivity index (χ2n) is 14.6. The van der Waals surface area contributed by atoms with Crippen LogP contribution in [0.1, 0.15) is 244 Å². The molecule has 0 atom stereocenters. The van der Waals surface area contributed by atoms with E-state index in [0.29, 0.717) is 6.42 Å². The number of hydrogen-bond acceptors (Lipinski definition) is 1. The van der Waals surface area contributed by atoms with E-state index in [2.05, 4.69) is 0 Å². The topological polar surface area (TPSA) is 37.3 Å². The first-order chi connectivity index (χ1) is 22.4. The van der Waals surface area contributed by atoms with Gasteiger partial charge in [0.2, 0.25) is 0 Å². The summed E-state index contributed by atoms with van der Waals surface area (Å²) in [7, 11) is 0. The Morgan fingerprint density at radius 3 is 0.609 bits per heavy atom. The Hall–Kier alpha value is 0.557. The summed E-state index contributed by atoms with van der Waals surface area (Å²) in [4.78, 5) is 10.5. The molecule has 0 fully saturated rings. The Bertz CT molecular complexity index is 600. The Morgan fingerprint density at radius 2 is 0.457 bits per heavy atom. The molecule has 0 aromatic rings. The summed E-state index contributed by atoms with van der Waals surface area (Å²) in [5.41, 5.74) is 0. The van der Waals surface area contributed by atoms with Crippen molar-refractivity contribution in [1.82, 2.24) is 0 Å². The molecule has 0 heterocycles. The minimum Gasteiger partial charge on any atom is -0.481 e. The highest BCUT2D eigenvalue weighted by atomic mass is 35.8. The van der Waals surface area contributed by atoms with E-state index in [4.69, 9.17) is 38.3 Å². The van der Waals surface area contributed by atoms with Crippen molar-refractivity contribution in [3.63, 3.8) is 0 Å². The van der Waals surface area contributed by atoms with E-state index in [1.165, 1.54) is 218 Å². The van der Waals surface area contributed by atoms with Gasteiger partial charge < -0.3 is 5.11 Å². The molecule has 6 heteroatoms. The van der Waals surface area contributed by atoms with Crippen LogP contribution in [-0.4, -0.2) is 17.1 Å². The van der Waals surface area contributed by atoms with Crippen LogP contribution < -0.4 is 0 Å². The molecule has 0 aliphatic rings. The molecule has 0 rings (SSSR count). The Labute approximate surface area is 303 Å².